The molecule has 124 valence electrons. The van der Waals surface area contributed by atoms with Crippen LogP contribution in [0.4, 0.5) is 0 Å². The van der Waals surface area contributed by atoms with Crippen LogP contribution in [0.25, 0.3) is 0 Å². The van der Waals surface area contributed by atoms with Gasteiger partial charge in [-0.1, -0.05) is 0 Å². The number of rotatable bonds is 10. The van der Waals surface area contributed by atoms with Crippen molar-refractivity contribution in [1.29, 1.82) is 0 Å². The second-order valence-electron chi connectivity index (χ2n) is 4.81. The van der Waals surface area contributed by atoms with Crippen LogP contribution in [-0.4, -0.2) is 51.2 Å². The van der Waals surface area contributed by atoms with Crippen molar-refractivity contribution in [1.82, 2.24) is 5.32 Å². The summed E-state index contributed by atoms with van der Waals surface area (Å²) < 4.78 is 33.9. The van der Waals surface area contributed by atoms with Gasteiger partial charge in [-0.05, 0) is 27.7 Å². The molecular formula is C12H27NO6P2+2. The average molecular weight is 343 g/mol. The van der Waals surface area contributed by atoms with Gasteiger partial charge in [-0.3, -0.25) is 0 Å². The minimum absolute atomic E-state index is 0.143. The highest BCUT2D eigenvalue weighted by Crippen LogP contribution is 2.71. The highest BCUT2D eigenvalue weighted by molar-refractivity contribution is 7.62. The summed E-state index contributed by atoms with van der Waals surface area (Å²) in [6.07, 6.45) is 1.22. The second kappa shape index (κ2) is 7.91. The maximum Gasteiger partial charge on any atom is 0.418 e. The van der Waals surface area contributed by atoms with Gasteiger partial charge in [0.15, 0.2) is 12.3 Å². The molecule has 0 atom stereocenters. The Morgan fingerprint density at radius 1 is 0.810 bits per heavy atom. The van der Waals surface area contributed by atoms with Crippen LogP contribution in [0.2, 0.25) is 0 Å². The lowest BCUT2D eigenvalue weighted by Crippen LogP contribution is -2.36. The monoisotopic (exact) mass is 343 g/mol. The zero-order valence-electron chi connectivity index (χ0n) is 13.2. The molecule has 0 spiro atoms. The van der Waals surface area contributed by atoms with Crippen LogP contribution in [0.5, 0.6) is 0 Å². The van der Waals surface area contributed by atoms with Crippen molar-refractivity contribution < 1.29 is 27.1 Å². The molecule has 0 aromatic rings. The topological polar surface area (TPSA) is 67.4 Å². The number of hydrogen-bond donors (Lipinski definition) is 1. The van der Waals surface area contributed by atoms with E-state index in [-0.39, 0.29) is 12.6 Å². The van der Waals surface area contributed by atoms with Gasteiger partial charge in [-0.25, -0.2) is 0 Å². The van der Waals surface area contributed by atoms with Crippen molar-refractivity contribution in [2.24, 2.45) is 0 Å². The molecule has 2 saturated heterocycles. The van der Waals surface area contributed by atoms with Gasteiger partial charge in [0.2, 0.25) is 0 Å². The van der Waals surface area contributed by atoms with Crippen LogP contribution in [0.3, 0.4) is 0 Å². The van der Waals surface area contributed by atoms with E-state index in [0.29, 0.717) is 13.2 Å². The third kappa shape index (κ3) is 4.77. The summed E-state index contributed by atoms with van der Waals surface area (Å²) in [5.74, 6) is 0. The Morgan fingerprint density at radius 3 is 1.48 bits per heavy atom. The SMILES string of the molecule is CCO[P+]1(CCNCC[P+]2(OCC)OC(C)O2)OC(C)O1. The van der Waals surface area contributed by atoms with Crippen molar-refractivity contribution in [2.75, 3.05) is 38.6 Å². The van der Waals surface area contributed by atoms with Crippen LogP contribution in [-0.2, 0) is 27.1 Å². The molecule has 7 nitrogen and oxygen atoms in total. The van der Waals surface area contributed by atoms with E-state index in [9.17, 15) is 0 Å². The summed E-state index contributed by atoms with van der Waals surface area (Å²) in [7, 11) is -4.14. The Balaban J connectivity index is 1.61. The maximum absolute atomic E-state index is 5.66. The Labute approximate surface area is 128 Å². The lowest BCUT2D eigenvalue weighted by molar-refractivity contribution is -0.104. The molecule has 0 aromatic carbocycles. The predicted molar refractivity (Wildman–Crippen MR) is 83.0 cm³/mol. The van der Waals surface area contributed by atoms with Crippen molar-refractivity contribution in [3.8, 4) is 0 Å². The van der Waals surface area contributed by atoms with E-state index in [1.165, 1.54) is 0 Å². The molecule has 9 heteroatoms. The van der Waals surface area contributed by atoms with Gasteiger partial charge in [-0.15, -0.1) is 18.1 Å². The normalized spacial score (nSPS) is 38.9. The second-order valence-corrected chi connectivity index (χ2v) is 9.51. The maximum atomic E-state index is 5.66. The Hall–Kier alpha value is 0.580. The van der Waals surface area contributed by atoms with Gasteiger partial charge in [0.25, 0.3) is 12.6 Å². The van der Waals surface area contributed by atoms with E-state index in [1.54, 1.807) is 0 Å². The lowest BCUT2D eigenvalue weighted by Gasteiger charge is -2.33. The van der Waals surface area contributed by atoms with Gasteiger partial charge in [-0.2, -0.15) is 9.05 Å². The zero-order valence-corrected chi connectivity index (χ0v) is 15.0. The summed E-state index contributed by atoms with van der Waals surface area (Å²) in [5, 5.41) is 3.36. The molecular weight excluding hydrogens is 316 g/mol. The van der Waals surface area contributed by atoms with E-state index < -0.39 is 15.9 Å². The number of nitrogens with one attached hydrogen (secondary N) is 1. The summed E-state index contributed by atoms with van der Waals surface area (Å²) in [6, 6.07) is 0. The Kier molecular flexibility index (Phi) is 6.75. The van der Waals surface area contributed by atoms with E-state index in [2.05, 4.69) is 5.32 Å². The van der Waals surface area contributed by atoms with Crippen LogP contribution in [0.15, 0.2) is 0 Å². The largest absolute Gasteiger partial charge is 0.418 e. The molecule has 0 radical (unpaired) electrons. The van der Waals surface area contributed by atoms with Gasteiger partial charge in [0.05, 0.1) is 13.2 Å². The minimum Gasteiger partial charge on any atom is -0.309 e. The first-order valence-corrected chi connectivity index (χ1v) is 11.0. The fourth-order valence-corrected chi connectivity index (χ4v) is 6.75. The highest BCUT2D eigenvalue weighted by Gasteiger charge is 2.59. The highest BCUT2D eigenvalue weighted by atomic mass is 31.2. The molecule has 2 aliphatic rings. The molecule has 21 heavy (non-hydrogen) atoms. The molecule has 0 aromatic heterocycles. The fraction of sp³-hybridized carbons (Fsp3) is 1.00. The van der Waals surface area contributed by atoms with E-state index >= 15 is 0 Å². The van der Waals surface area contributed by atoms with Crippen LogP contribution in [0, 0.1) is 0 Å². The van der Waals surface area contributed by atoms with Crippen LogP contribution >= 0.6 is 15.9 Å². The molecule has 2 fully saturated rings. The van der Waals surface area contributed by atoms with Gasteiger partial charge >= 0.3 is 15.9 Å². The van der Waals surface area contributed by atoms with Crippen LogP contribution < -0.4 is 5.32 Å². The average Bonchev–Trinajstić information content (AvgIpc) is 2.35. The summed E-state index contributed by atoms with van der Waals surface area (Å²) in [4.78, 5) is 0. The molecule has 1 N–H and O–H groups in total. The van der Waals surface area contributed by atoms with Crippen LogP contribution in [0.1, 0.15) is 27.7 Å². The van der Waals surface area contributed by atoms with Gasteiger partial charge in [0, 0.05) is 13.1 Å². The molecule has 0 unspecified atom stereocenters. The molecule has 2 aliphatic heterocycles. The Bertz CT molecular complexity index is 282. The standard InChI is InChI=1S/C12H27NO6P2/c1-5-14-20(16-11(3)17-20)9-7-13-8-10-21(15-6-2)18-12(4)19-21/h11-13H,5-10H2,1-4H3/q+2. The van der Waals surface area contributed by atoms with Crippen molar-refractivity contribution in [2.45, 2.75) is 40.3 Å². The first kappa shape index (κ1) is 17.9. The van der Waals surface area contributed by atoms with Gasteiger partial charge < -0.3 is 5.32 Å². The minimum atomic E-state index is -2.07. The van der Waals surface area contributed by atoms with Crippen molar-refractivity contribution >= 4 is 15.9 Å². The van der Waals surface area contributed by atoms with E-state index in [1.807, 2.05) is 27.7 Å². The Morgan fingerprint density at radius 2 is 1.19 bits per heavy atom. The quantitative estimate of drug-likeness (QED) is 0.483. The van der Waals surface area contributed by atoms with Crippen molar-refractivity contribution in [3.05, 3.63) is 0 Å². The third-order valence-corrected chi connectivity index (χ3v) is 8.33. The molecule has 0 aliphatic carbocycles. The molecule has 0 saturated carbocycles. The molecule has 0 bridgehead atoms. The molecule has 2 rings (SSSR count). The summed E-state index contributed by atoms with van der Waals surface area (Å²) in [6.45, 7) is 10.4. The first-order chi connectivity index (χ1) is 10.0. The lowest BCUT2D eigenvalue weighted by atomic mass is 10.7. The summed E-state index contributed by atoms with van der Waals surface area (Å²) >= 11 is 0. The van der Waals surface area contributed by atoms with Gasteiger partial charge in [0.1, 0.15) is 0 Å². The number of hydrogen-bond acceptors (Lipinski definition) is 7. The predicted octanol–water partition coefficient (Wildman–Crippen LogP) is 2.96. The van der Waals surface area contributed by atoms with E-state index in [0.717, 1.165) is 25.4 Å². The fourth-order valence-electron chi connectivity index (χ4n) is 2.33. The first-order valence-electron chi connectivity index (χ1n) is 7.52. The molecule has 2 heterocycles. The smallest absolute Gasteiger partial charge is 0.309 e. The summed E-state index contributed by atoms with van der Waals surface area (Å²) in [5.41, 5.74) is 0. The molecule has 0 amide bonds. The zero-order chi connectivity index (χ0) is 15.3. The third-order valence-electron chi connectivity index (χ3n) is 3.01. The van der Waals surface area contributed by atoms with Crippen molar-refractivity contribution in [3.63, 3.8) is 0 Å². The van der Waals surface area contributed by atoms with E-state index in [4.69, 9.17) is 27.1 Å².